The van der Waals surface area contributed by atoms with Crippen LogP contribution in [0.25, 0.3) is 0 Å². The second-order valence-electron chi connectivity index (χ2n) is 4.77. The molecule has 1 rings (SSSR count). The van der Waals surface area contributed by atoms with Gasteiger partial charge in [0.05, 0.1) is 6.42 Å². The predicted octanol–water partition coefficient (Wildman–Crippen LogP) is 3.89. The van der Waals surface area contributed by atoms with Gasteiger partial charge < -0.3 is 5.73 Å². The minimum atomic E-state index is -0.703. The van der Waals surface area contributed by atoms with E-state index in [1.165, 1.54) is 22.3 Å². The Morgan fingerprint density at radius 1 is 1.33 bits per heavy atom. The average molecular weight is 288 g/mol. The first-order valence-electron chi connectivity index (χ1n) is 5.91. The number of alkyl halides is 2. The van der Waals surface area contributed by atoms with Crippen LogP contribution in [0.15, 0.2) is 33.9 Å². The van der Waals surface area contributed by atoms with E-state index in [1.54, 1.807) is 0 Å². The van der Waals surface area contributed by atoms with Crippen LogP contribution in [0.5, 0.6) is 0 Å². The van der Waals surface area contributed by atoms with Crippen molar-refractivity contribution in [1.82, 2.24) is 0 Å². The summed E-state index contributed by atoms with van der Waals surface area (Å²) in [6.07, 6.45) is 2.02. The lowest BCUT2D eigenvalue weighted by Crippen LogP contribution is -2.14. The summed E-state index contributed by atoms with van der Waals surface area (Å²) < 4.78 is 0. The highest BCUT2D eigenvalue weighted by molar-refractivity contribution is 6.46. The number of carbonyl (C=O) groups excluding carboxylic acids is 1. The van der Waals surface area contributed by atoms with E-state index in [4.69, 9.17) is 28.9 Å². The van der Waals surface area contributed by atoms with Crippen molar-refractivity contribution in [2.24, 2.45) is 11.7 Å². The number of rotatable bonds is 4. The van der Waals surface area contributed by atoms with Crippen molar-refractivity contribution in [2.45, 2.75) is 39.0 Å². The summed E-state index contributed by atoms with van der Waals surface area (Å²) >= 11 is 11.8. The topological polar surface area (TPSA) is 43.1 Å². The Morgan fingerprint density at radius 2 is 1.89 bits per heavy atom. The molecule has 2 nitrogen and oxygen atoms in total. The smallest absolute Gasteiger partial charge is 0.221 e. The first kappa shape index (κ1) is 15.3. The van der Waals surface area contributed by atoms with Crippen molar-refractivity contribution < 1.29 is 4.79 Å². The van der Waals surface area contributed by atoms with Crippen molar-refractivity contribution in [2.75, 3.05) is 0 Å². The Morgan fingerprint density at radius 3 is 2.22 bits per heavy atom. The third-order valence-electron chi connectivity index (χ3n) is 3.70. The second kappa shape index (κ2) is 5.94. The largest absolute Gasteiger partial charge is 0.369 e. The maximum Gasteiger partial charge on any atom is 0.221 e. The summed E-state index contributed by atoms with van der Waals surface area (Å²) in [5.41, 5.74) is 10.9. The maximum absolute atomic E-state index is 11.0. The molecule has 0 aromatic carbocycles. The van der Waals surface area contributed by atoms with Gasteiger partial charge in [-0.2, -0.15) is 0 Å². The van der Waals surface area contributed by atoms with E-state index < -0.39 is 10.7 Å². The Hall–Kier alpha value is -0.730. The van der Waals surface area contributed by atoms with Crippen LogP contribution in [-0.4, -0.2) is 10.7 Å². The van der Waals surface area contributed by atoms with Crippen LogP contribution in [0, 0.1) is 5.92 Å². The summed E-state index contributed by atoms with van der Waals surface area (Å²) in [6.45, 7) is 8.44. The number of hydrogen-bond donors (Lipinski definition) is 1. The zero-order valence-corrected chi connectivity index (χ0v) is 12.7. The van der Waals surface area contributed by atoms with Crippen LogP contribution in [0.1, 0.15) is 34.1 Å². The first-order valence-corrected chi connectivity index (χ1v) is 6.78. The summed E-state index contributed by atoms with van der Waals surface area (Å²) in [4.78, 5) is 10.3. The zero-order valence-electron chi connectivity index (χ0n) is 11.2. The van der Waals surface area contributed by atoms with E-state index in [-0.39, 0.29) is 6.42 Å². The van der Waals surface area contributed by atoms with Crippen molar-refractivity contribution >= 4 is 29.1 Å². The minimum Gasteiger partial charge on any atom is -0.369 e. The van der Waals surface area contributed by atoms with Gasteiger partial charge in [0.15, 0.2) is 0 Å². The van der Waals surface area contributed by atoms with Crippen LogP contribution in [-0.2, 0) is 4.79 Å². The van der Waals surface area contributed by atoms with Gasteiger partial charge in [0.25, 0.3) is 0 Å². The number of nitrogens with two attached hydrogens (primary N) is 1. The molecule has 0 radical (unpaired) electrons. The number of hydrogen-bond acceptors (Lipinski definition) is 1. The van der Waals surface area contributed by atoms with Crippen LogP contribution in [0.4, 0.5) is 0 Å². The van der Waals surface area contributed by atoms with Crippen LogP contribution < -0.4 is 5.73 Å². The van der Waals surface area contributed by atoms with Gasteiger partial charge in [-0.1, -0.05) is 18.6 Å². The van der Waals surface area contributed by atoms with Gasteiger partial charge in [0.2, 0.25) is 5.91 Å². The molecule has 0 heterocycles. The SMILES string of the molecule is CC1=C(C)C(C)C(C=C(CC(N)=O)C(Cl)Cl)=C1C. The molecule has 0 aromatic rings. The van der Waals surface area contributed by atoms with Crippen LogP contribution in [0.2, 0.25) is 0 Å². The number of amides is 1. The van der Waals surface area contributed by atoms with E-state index in [2.05, 4.69) is 27.7 Å². The molecule has 1 aliphatic carbocycles. The fourth-order valence-corrected chi connectivity index (χ4v) is 2.50. The highest BCUT2D eigenvalue weighted by Crippen LogP contribution is 2.38. The van der Waals surface area contributed by atoms with Gasteiger partial charge in [0, 0.05) is 5.92 Å². The highest BCUT2D eigenvalue weighted by atomic mass is 35.5. The molecular formula is C14H19Cl2NO. The molecule has 0 bridgehead atoms. The number of primary amides is 1. The zero-order chi connectivity index (χ0) is 14.0. The molecule has 1 aliphatic rings. The third kappa shape index (κ3) is 3.18. The van der Waals surface area contributed by atoms with Crippen molar-refractivity contribution in [3.63, 3.8) is 0 Å². The molecule has 0 aromatic heterocycles. The van der Waals surface area contributed by atoms with Crippen molar-refractivity contribution in [3.05, 3.63) is 33.9 Å². The standard InChI is InChI=1S/C14H19Cl2NO/c1-7-8(2)10(4)12(9(7)3)5-11(14(15)16)6-13(17)18/h5,9,14H,6H2,1-4H3,(H2,17,18). The predicted molar refractivity (Wildman–Crippen MR) is 77.6 cm³/mol. The lowest BCUT2D eigenvalue weighted by atomic mass is 9.95. The molecule has 0 saturated carbocycles. The van der Waals surface area contributed by atoms with Gasteiger partial charge in [-0.25, -0.2) is 0 Å². The minimum absolute atomic E-state index is 0.0965. The average Bonchev–Trinajstić information content (AvgIpc) is 2.45. The van der Waals surface area contributed by atoms with Gasteiger partial charge >= 0.3 is 0 Å². The molecule has 1 atom stereocenters. The lowest BCUT2D eigenvalue weighted by Gasteiger charge is -2.12. The molecular weight excluding hydrogens is 269 g/mol. The fourth-order valence-electron chi connectivity index (χ4n) is 2.22. The highest BCUT2D eigenvalue weighted by Gasteiger charge is 2.23. The Bertz CT molecular complexity index is 458. The van der Waals surface area contributed by atoms with E-state index >= 15 is 0 Å². The number of halogens is 2. The monoisotopic (exact) mass is 287 g/mol. The third-order valence-corrected chi connectivity index (χ3v) is 4.26. The molecule has 0 spiro atoms. The Labute approximate surface area is 119 Å². The molecule has 100 valence electrons. The summed E-state index contributed by atoms with van der Waals surface area (Å²) in [6, 6.07) is 0. The van der Waals surface area contributed by atoms with Crippen LogP contribution >= 0.6 is 23.2 Å². The van der Waals surface area contributed by atoms with E-state index in [9.17, 15) is 4.79 Å². The molecule has 1 unspecified atom stereocenters. The lowest BCUT2D eigenvalue weighted by molar-refractivity contribution is -0.117. The summed E-state index contributed by atoms with van der Waals surface area (Å²) in [5, 5.41) is 0. The van der Waals surface area contributed by atoms with Gasteiger partial charge in [-0.05, 0) is 43.1 Å². The van der Waals surface area contributed by atoms with E-state index in [0.717, 1.165) is 0 Å². The second-order valence-corrected chi connectivity index (χ2v) is 5.87. The van der Waals surface area contributed by atoms with Crippen molar-refractivity contribution in [1.29, 1.82) is 0 Å². The molecule has 4 heteroatoms. The van der Waals surface area contributed by atoms with Crippen LogP contribution in [0.3, 0.4) is 0 Å². The van der Waals surface area contributed by atoms with Gasteiger partial charge in [-0.3, -0.25) is 4.79 Å². The Balaban J connectivity index is 3.12. The molecule has 0 aliphatic heterocycles. The molecule has 0 saturated heterocycles. The normalized spacial score (nSPS) is 21.3. The van der Waals surface area contributed by atoms with E-state index in [1.807, 2.05) is 6.08 Å². The molecule has 1 amide bonds. The van der Waals surface area contributed by atoms with E-state index in [0.29, 0.717) is 11.5 Å². The van der Waals surface area contributed by atoms with Gasteiger partial charge in [-0.15, -0.1) is 23.2 Å². The summed E-state index contributed by atoms with van der Waals surface area (Å²) in [7, 11) is 0. The van der Waals surface area contributed by atoms with Crippen molar-refractivity contribution in [3.8, 4) is 0 Å². The Kier molecular flexibility index (Phi) is 5.06. The molecule has 2 N–H and O–H groups in total. The number of carbonyl (C=O) groups is 1. The van der Waals surface area contributed by atoms with Gasteiger partial charge in [0.1, 0.15) is 4.84 Å². The first-order chi connectivity index (χ1) is 8.25. The molecule has 0 fully saturated rings. The fraction of sp³-hybridized carbons (Fsp3) is 0.500. The maximum atomic E-state index is 11.0. The summed E-state index contributed by atoms with van der Waals surface area (Å²) in [5.74, 6) is -0.0854. The molecule has 18 heavy (non-hydrogen) atoms. The quantitative estimate of drug-likeness (QED) is 0.783. The number of allylic oxidation sites excluding steroid dienone is 5.